The van der Waals surface area contributed by atoms with Crippen LogP contribution in [0.1, 0.15) is 0 Å². The highest BCUT2D eigenvalue weighted by molar-refractivity contribution is 6.21. The van der Waals surface area contributed by atoms with Gasteiger partial charge in [0.2, 0.25) is 0 Å². The Morgan fingerprint density at radius 3 is 1.64 bits per heavy atom. The minimum atomic E-state index is 0.592. The molecule has 5 nitrogen and oxygen atoms in total. The van der Waals surface area contributed by atoms with E-state index in [4.69, 9.17) is 15.0 Å². The second-order valence-electron chi connectivity index (χ2n) is 18.0. The molecule has 326 valence electrons. The van der Waals surface area contributed by atoms with Crippen LogP contribution in [0.2, 0.25) is 0 Å². The van der Waals surface area contributed by atoms with Crippen LogP contribution < -0.4 is 0 Å². The lowest BCUT2D eigenvalue weighted by atomic mass is 9.96. The van der Waals surface area contributed by atoms with Crippen molar-refractivity contribution in [1.29, 1.82) is 0 Å². The maximum Gasteiger partial charge on any atom is 0.166 e. The van der Waals surface area contributed by atoms with Crippen LogP contribution in [0.25, 0.3) is 133 Å². The van der Waals surface area contributed by atoms with Crippen molar-refractivity contribution in [2.24, 2.45) is 0 Å². The number of para-hydroxylation sites is 3. The van der Waals surface area contributed by atoms with Crippen molar-refractivity contribution in [1.82, 2.24) is 24.1 Å². The minimum Gasteiger partial charge on any atom is -0.309 e. The van der Waals surface area contributed by atoms with E-state index in [-0.39, 0.29) is 0 Å². The zero-order chi connectivity index (χ0) is 46.1. The molecular formula is C65H41N5. The van der Waals surface area contributed by atoms with Crippen molar-refractivity contribution in [2.75, 3.05) is 0 Å². The van der Waals surface area contributed by atoms with Crippen molar-refractivity contribution >= 4 is 65.2 Å². The molecule has 0 saturated heterocycles. The second kappa shape index (κ2) is 16.1. The molecule has 0 spiro atoms. The number of hydrogen-bond acceptors (Lipinski definition) is 3. The first kappa shape index (κ1) is 39.7. The number of hydrogen-bond donors (Lipinski definition) is 0. The van der Waals surface area contributed by atoms with Gasteiger partial charge < -0.3 is 9.13 Å². The van der Waals surface area contributed by atoms with E-state index in [0.717, 1.165) is 72.3 Å². The Morgan fingerprint density at radius 1 is 0.257 bits per heavy atom. The molecular weight excluding hydrogens is 851 g/mol. The molecule has 0 aliphatic heterocycles. The average molecular weight is 892 g/mol. The summed E-state index contributed by atoms with van der Waals surface area (Å²) in [5, 5.41) is 9.54. The van der Waals surface area contributed by atoms with Crippen LogP contribution >= 0.6 is 0 Å². The van der Waals surface area contributed by atoms with Crippen molar-refractivity contribution < 1.29 is 0 Å². The summed E-state index contributed by atoms with van der Waals surface area (Å²) >= 11 is 0. The highest BCUT2D eigenvalue weighted by Gasteiger charge is 2.23. The van der Waals surface area contributed by atoms with Gasteiger partial charge in [-0.05, 0) is 93.5 Å². The molecule has 70 heavy (non-hydrogen) atoms. The normalized spacial score (nSPS) is 11.7. The van der Waals surface area contributed by atoms with Gasteiger partial charge in [-0.1, -0.05) is 188 Å². The van der Waals surface area contributed by atoms with E-state index >= 15 is 0 Å². The van der Waals surface area contributed by atoms with Crippen molar-refractivity contribution in [3.05, 3.63) is 249 Å². The van der Waals surface area contributed by atoms with Crippen LogP contribution in [0, 0.1) is 0 Å². The van der Waals surface area contributed by atoms with Gasteiger partial charge in [-0.2, -0.15) is 0 Å². The summed E-state index contributed by atoms with van der Waals surface area (Å²) in [6, 6.07) is 88.9. The molecule has 14 rings (SSSR count). The lowest BCUT2D eigenvalue weighted by molar-refractivity contribution is 1.07. The maximum absolute atomic E-state index is 5.48. The van der Waals surface area contributed by atoms with E-state index in [2.05, 4.69) is 240 Å². The topological polar surface area (TPSA) is 48.5 Å². The number of rotatable bonds is 7. The van der Waals surface area contributed by atoms with Crippen molar-refractivity contribution in [3.63, 3.8) is 0 Å². The Balaban J connectivity index is 1.06. The molecule has 0 amide bonds. The molecule has 3 heterocycles. The van der Waals surface area contributed by atoms with Crippen LogP contribution in [0.3, 0.4) is 0 Å². The first-order valence-electron chi connectivity index (χ1n) is 23.8. The molecule has 0 radical (unpaired) electrons. The minimum absolute atomic E-state index is 0.592. The van der Waals surface area contributed by atoms with E-state index in [1.54, 1.807) is 0 Å². The molecule has 0 N–H and O–H groups in total. The van der Waals surface area contributed by atoms with E-state index in [1.165, 1.54) is 43.2 Å². The molecule has 0 fully saturated rings. The first-order chi connectivity index (χ1) is 34.7. The summed E-state index contributed by atoms with van der Waals surface area (Å²) < 4.78 is 4.84. The summed E-state index contributed by atoms with van der Waals surface area (Å²) in [5.41, 5.74) is 13.8. The van der Waals surface area contributed by atoms with E-state index < -0.39 is 0 Å². The molecule has 0 aliphatic rings. The van der Waals surface area contributed by atoms with E-state index in [0.29, 0.717) is 17.5 Å². The van der Waals surface area contributed by atoms with Gasteiger partial charge in [0, 0.05) is 54.9 Å². The molecule has 3 aromatic heterocycles. The summed E-state index contributed by atoms with van der Waals surface area (Å²) in [6.07, 6.45) is 0. The highest BCUT2D eigenvalue weighted by atomic mass is 15.1. The summed E-state index contributed by atoms with van der Waals surface area (Å²) in [7, 11) is 0. The largest absolute Gasteiger partial charge is 0.309 e. The molecule has 0 bridgehead atoms. The zero-order valence-electron chi connectivity index (χ0n) is 37.9. The fourth-order valence-electron chi connectivity index (χ4n) is 10.7. The average Bonchev–Trinajstić information content (AvgIpc) is 3.95. The molecule has 0 unspecified atom stereocenters. The monoisotopic (exact) mass is 891 g/mol. The van der Waals surface area contributed by atoms with Gasteiger partial charge in [-0.15, -0.1) is 0 Å². The van der Waals surface area contributed by atoms with Crippen LogP contribution in [0.15, 0.2) is 249 Å². The summed E-state index contributed by atoms with van der Waals surface area (Å²) in [6.45, 7) is 0. The smallest absolute Gasteiger partial charge is 0.166 e. The number of fused-ring (bicyclic) bond motifs is 9. The van der Waals surface area contributed by atoms with Gasteiger partial charge >= 0.3 is 0 Å². The van der Waals surface area contributed by atoms with Gasteiger partial charge in [0.05, 0.1) is 27.8 Å². The first-order valence-corrected chi connectivity index (χ1v) is 23.8. The van der Waals surface area contributed by atoms with Gasteiger partial charge in [-0.3, -0.25) is 0 Å². The Labute approximate surface area is 403 Å². The Morgan fingerprint density at radius 2 is 0.843 bits per heavy atom. The standard InChI is InChI=1S/C65H41N5/c1-4-18-42(19-5-1)45-25-16-26-48(38-45)56-40-49(35-37-59(56)70-60-41-47-24-11-10-23-46(47)39-57(60)54-36-34-43-20-12-13-29-51(43)61(54)70)64-66-63(44-21-6-2-7-22-44)67-65(68-64)55-32-17-31-53-52-30-14-15-33-58(52)69(62(53)55)50-27-8-3-9-28-50/h1-41H. The van der Waals surface area contributed by atoms with E-state index in [9.17, 15) is 0 Å². The van der Waals surface area contributed by atoms with Crippen LogP contribution in [-0.2, 0) is 0 Å². The van der Waals surface area contributed by atoms with Crippen molar-refractivity contribution in [3.8, 4) is 67.8 Å². The van der Waals surface area contributed by atoms with Gasteiger partial charge in [-0.25, -0.2) is 15.0 Å². The van der Waals surface area contributed by atoms with E-state index in [1.807, 2.05) is 18.2 Å². The van der Waals surface area contributed by atoms with Crippen LogP contribution in [-0.4, -0.2) is 24.1 Å². The summed E-state index contributed by atoms with van der Waals surface area (Å²) in [4.78, 5) is 16.1. The highest BCUT2D eigenvalue weighted by Crippen LogP contribution is 2.43. The van der Waals surface area contributed by atoms with Crippen LogP contribution in [0.4, 0.5) is 0 Å². The third-order valence-electron chi connectivity index (χ3n) is 13.9. The van der Waals surface area contributed by atoms with Crippen LogP contribution in [0.5, 0.6) is 0 Å². The Kier molecular flexibility index (Phi) is 9.14. The lowest BCUT2D eigenvalue weighted by Gasteiger charge is -2.18. The Hall–Kier alpha value is -9.45. The quantitative estimate of drug-likeness (QED) is 0.160. The second-order valence-corrected chi connectivity index (χ2v) is 18.0. The van der Waals surface area contributed by atoms with Crippen molar-refractivity contribution in [2.45, 2.75) is 0 Å². The molecule has 0 saturated carbocycles. The molecule has 5 heteroatoms. The number of aromatic nitrogens is 5. The number of benzene rings is 11. The third-order valence-corrected chi connectivity index (χ3v) is 13.9. The maximum atomic E-state index is 5.48. The fourth-order valence-corrected chi connectivity index (χ4v) is 10.7. The summed E-state index contributed by atoms with van der Waals surface area (Å²) in [5.74, 6) is 1.80. The number of nitrogens with zero attached hydrogens (tertiary/aromatic N) is 5. The molecule has 11 aromatic carbocycles. The fraction of sp³-hybridized carbons (Fsp3) is 0. The van der Waals surface area contributed by atoms with Gasteiger partial charge in [0.1, 0.15) is 0 Å². The lowest BCUT2D eigenvalue weighted by Crippen LogP contribution is -2.03. The Bertz CT molecular complexity index is 4340. The molecule has 14 aromatic rings. The molecule has 0 aliphatic carbocycles. The van der Waals surface area contributed by atoms with Gasteiger partial charge in [0.15, 0.2) is 17.5 Å². The third kappa shape index (κ3) is 6.44. The SMILES string of the molecule is c1ccc(-c2cccc(-c3cc(-c4nc(-c5ccccc5)nc(-c5cccc6c7ccccc7n(-c7ccccc7)c56)n4)ccc3-n3c4cc5ccccc5cc4c4ccc5ccccc5c43)c2)cc1. The zero-order valence-corrected chi connectivity index (χ0v) is 37.9. The predicted molar refractivity (Wildman–Crippen MR) is 291 cm³/mol. The predicted octanol–water partition coefficient (Wildman–Crippen LogP) is 16.7. The molecule has 0 atom stereocenters. The van der Waals surface area contributed by atoms with Gasteiger partial charge in [0.25, 0.3) is 0 Å².